The normalized spacial score (nSPS) is 13.4. The van der Waals surface area contributed by atoms with Gasteiger partial charge in [0.15, 0.2) is 11.3 Å². The highest BCUT2D eigenvalue weighted by molar-refractivity contribution is 7.11. The molecule has 0 radical (unpaired) electrons. The van der Waals surface area contributed by atoms with E-state index in [-0.39, 0.29) is 5.91 Å². The van der Waals surface area contributed by atoms with Crippen LogP contribution in [0.4, 0.5) is 5.69 Å². The second kappa shape index (κ2) is 4.59. The Morgan fingerprint density at radius 3 is 3.00 bits per heavy atom. The quantitative estimate of drug-likeness (QED) is 0.789. The third-order valence-corrected chi connectivity index (χ3v) is 4.04. The first-order chi connectivity index (χ1) is 9.19. The van der Waals surface area contributed by atoms with Gasteiger partial charge >= 0.3 is 0 Å². The summed E-state index contributed by atoms with van der Waals surface area (Å²) in [5.74, 6) is 0.0726. The molecule has 5 heteroatoms. The number of aromatic nitrogens is 1. The maximum atomic E-state index is 11.5. The van der Waals surface area contributed by atoms with E-state index < -0.39 is 0 Å². The van der Waals surface area contributed by atoms with Gasteiger partial charge in [0.1, 0.15) is 0 Å². The van der Waals surface area contributed by atoms with Crippen molar-refractivity contribution in [1.82, 2.24) is 4.98 Å². The summed E-state index contributed by atoms with van der Waals surface area (Å²) in [5, 5.41) is 2.37. The van der Waals surface area contributed by atoms with Gasteiger partial charge in [0.05, 0.1) is 5.69 Å². The number of fused-ring (bicyclic) bond motifs is 1. The molecular weight excluding hydrogens is 260 g/mol. The third kappa shape index (κ3) is 2.06. The molecule has 0 N–H and O–H groups in total. The number of rotatable bonds is 2. The number of hydrogen-bond acceptors (Lipinski definition) is 4. The van der Waals surface area contributed by atoms with Crippen molar-refractivity contribution >= 4 is 29.2 Å². The predicted octanol–water partition coefficient (Wildman–Crippen LogP) is 2.53. The van der Waals surface area contributed by atoms with Crippen LogP contribution < -0.4 is 4.90 Å². The largest absolute Gasteiger partial charge is 0.312 e. The molecule has 1 aromatic heterocycles. The Morgan fingerprint density at radius 2 is 2.32 bits per heavy atom. The highest BCUT2D eigenvalue weighted by Crippen LogP contribution is 2.32. The first-order valence-electron chi connectivity index (χ1n) is 6.01. The molecule has 0 bridgehead atoms. The van der Waals surface area contributed by atoms with E-state index in [9.17, 15) is 9.59 Å². The van der Waals surface area contributed by atoms with Crippen LogP contribution in [-0.2, 0) is 11.2 Å². The van der Waals surface area contributed by atoms with Gasteiger partial charge in [-0.25, -0.2) is 4.98 Å². The molecule has 19 heavy (non-hydrogen) atoms. The molecule has 2 aromatic rings. The number of carbonyl (C=O) groups is 2. The van der Waals surface area contributed by atoms with Crippen molar-refractivity contribution in [2.75, 3.05) is 11.4 Å². The molecule has 1 amide bonds. The molecule has 0 atom stereocenters. The van der Waals surface area contributed by atoms with Crippen molar-refractivity contribution in [3.8, 4) is 11.3 Å². The van der Waals surface area contributed by atoms with Crippen LogP contribution >= 0.6 is 11.3 Å². The Hall–Kier alpha value is -2.01. The fraction of sp³-hybridized carbons (Fsp3) is 0.214. The van der Waals surface area contributed by atoms with Crippen LogP contribution in [0.3, 0.4) is 0 Å². The highest BCUT2D eigenvalue weighted by atomic mass is 32.1. The summed E-state index contributed by atoms with van der Waals surface area (Å²) in [6, 6.07) is 5.96. The molecule has 1 aliphatic rings. The molecule has 0 saturated carbocycles. The van der Waals surface area contributed by atoms with Crippen LogP contribution in [-0.4, -0.2) is 23.7 Å². The first kappa shape index (κ1) is 12.0. The molecule has 2 heterocycles. The molecule has 4 nitrogen and oxygen atoms in total. The minimum Gasteiger partial charge on any atom is -0.312 e. The van der Waals surface area contributed by atoms with Crippen molar-refractivity contribution in [2.24, 2.45) is 0 Å². The summed E-state index contributed by atoms with van der Waals surface area (Å²) < 4.78 is 0. The van der Waals surface area contributed by atoms with E-state index in [1.807, 2.05) is 17.5 Å². The minimum atomic E-state index is 0.0726. The number of hydrogen-bond donors (Lipinski definition) is 0. The van der Waals surface area contributed by atoms with E-state index >= 15 is 0 Å². The van der Waals surface area contributed by atoms with Crippen molar-refractivity contribution < 1.29 is 9.59 Å². The average molecular weight is 272 g/mol. The number of aldehydes is 1. The van der Waals surface area contributed by atoms with Gasteiger partial charge in [-0.3, -0.25) is 9.59 Å². The third-order valence-electron chi connectivity index (χ3n) is 3.27. The standard InChI is InChI=1S/C14H12N2O2S/c1-9(18)16-5-4-11-6-10(2-3-13(11)16)12-8-19-14(7-17)15-12/h2-3,6-8H,4-5H2,1H3. The Balaban J connectivity index is 1.99. The lowest BCUT2D eigenvalue weighted by Gasteiger charge is -2.14. The summed E-state index contributed by atoms with van der Waals surface area (Å²) >= 11 is 1.34. The van der Waals surface area contributed by atoms with Crippen LogP contribution in [0.5, 0.6) is 0 Å². The summed E-state index contributed by atoms with van der Waals surface area (Å²) in [5.41, 5.74) is 3.96. The molecule has 1 aliphatic heterocycles. The van der Waals surface area contributed by atoms with E-state index in [2.05, 4.69) is 11.1 Å². The van der Waals surface area contributed by atoms with Crippen LogP contribution in [0.1, 0.15) is 22.3 Å². The second-order valence-electron chi connectivity index (χ2n) is 4.45. The number of nitrogens with zero attached hydrogens (tertiary/aromatic N) is 2. The first-order valence-corrected chi connectivity index (χ1v) is 6.89. The maximum absolute atomic E-state index is 11.5. The van der Waals surface area contributed by atoms with Crippen molar-refractivity contribution in [2.45, 2.75) is 13.3 Å². The Bertz CT molecular complexity index is 663. The molecule has 96 valence electrons. The number of thiazole rings is 1. The lowest BCUT2D eigenvalue weighted by atomic mass is 10.1. The predicted molar refractivity (Wildman–Crippen MR) is 74.7 cm³/mol. The zero-order chi connectivity index (χ0) is 13.4. The van der Waals surface area contributed by atoms with Crippen LogP contribution in [0.15, 0.2) is 23.6 Å². The van der Waals surface area contributed by atoms with Gasteiger partial charge in [0, 0.05) is 30.1 Å². The molecule has 0 unspecified atom stereocenters. The minimum absolute atomic E-state index is 0.0726. The topological polar surface area (TPSA) is 50.3 Å². The monoisotopic (exact) mass is 272 g/mol. The Kier molecular flexibility index (Phi) is 2.91. The summed E-state index contributed by atoms with van der Waals surface area (Å²) in [6.07, 6.45) is 1.63. The number of benzene rings is 1. The fourth-order valence-electron chi connectivity index (χ4n) is 2.36. The summed E-state index contributed by atoms with van der Waals surface area (Å²) in [7, 11) is 0. The van der Waals surface area contributed by atoms with Crippen LogP contribution in [0.2, 0.25) is 0 Å². The zero-order valence-corrected chi connectivity index (χ0v) is 11.2. The molecule has 0 saturated heterocycles. The summed E-state index contributed by atoms with van der Waals surface area (Å²) in [4.78, 5) is 28.2. The average Bonchev–Trinajstić information content (AvgIpc) is 3.04. The molecule has 0 fully saturated rings. The van der Waals surface area contributed by atoms with Gasteiger partial charge in [-0.05, 0) is 24.1 Å². The summed E-state index contributed by atoms with van der Waals surface area (Å²) in [6.45, 7) is 2.32. The van der Waals surface area contributed by atoms with E-state index in [4.69, 9.17) is 0 Å². The Labute approximate surface area is 114 Å². The lowest BCUT2D eigenvalue weighted by Crippen LogP contribution is -2.25. The molecule has 0 spiro atoms. The number of carbonyl (C=O) groups excluding carboxylic acids is 2. The zero-order valence-electron chi connectivity index (χ0n) is 10.4. The van der Waals surface area contributed by atoms with Crippen molar-refractivity contribution in [1.29, 1.82) is 0 Å². The number of amides is 1. The van der Waals surface area contributed by atoms with E-state index in [1.165, 1.54) is 11.3 Å². The van der Waals surface area contributed by atoms with Crippen LogP contribution in [0, 0.1) is 0 Å². The van der Waals surface area contributed by atoms with Crippen molar-refractivity contribution in [3.63, 3.8) is 0 Å². The van der Waals surface area contributed by atoms with Crippen LogP contribution in [0.25, 0.3) is 11.3 Å². The Morgan fingerprint density at radius 1 is 1.47 bits per heavy atom. The van der Waals surface area contributed by atoms with Gasteiger partial charge in [-0.15, -0.1) is 11.3 Å². The van der Waals surface area contributed by atoms with Gasteiger partial charge in [0.2, 0.25) is 5.91 Å². The smallest absolute Gasteiger partial charge is 0.223 e. The fourth-order valence-corrected chi connectivity index (χ4v) is 2.99. The highest BCUT2D eigenvalue weighted by Gasteiger charge is 2.22. The van der Waals surface area contributed by atoms with E-state index in [0.717, 1.165) is 41.8 Å². The van der Waals surface area contributed by atoms with Gasteiger partial charge < -0.3 is 4.90 Å². The van der Waals surface area contributed by atoms with E-state index in [1.54, 1.807) is 11.8 Å². The van der Waals surface area contributed by atoms with Crippen molar-refractivity contribution in [3.05, 3.63) is 34.2 Å². The van der Waals surface area contributed by atoms with Gasteiger partial charge in [-0.1, -0.05) is 6.07 Å². The SMILES string of the molecule is CC(=O)N1CCc2cc(-c3csc(C=O)n3)ccc21. The van der Waals surface area contributed by atoms with Gasteiger partial charge in [-0.2, -0.15) is 0 Å². The molecule has 0 aliphatic carbocycles. The maximum Gasteiger partial charge on any atom is 0.223 e. The number of anilines is 1. The molecular formula is C14H12N2O2S. The lowest BCUT2D eigenvalue weighted by molar-refractivity contribution is -0.116. The second-order valence-corrected chi connectivity index (χ2v) is 5.34. The van der Waals surface area contributed by atoms with Gasteiger partial charge in [0.25, 0.3) is 0 Å². The molecule has 1 aromatic carbocycles. The molecule has 3 rings (SSSR count). The van der Waals surface area contributed by atoms with E-state index in [0.29, 0.717) is 5.01 Å².